The Kier molecular flexibility index (Phi) is 4.70. The van der Waals surface area contributed by atoms with Crippen LogP contribution in [0.3, 0.4) is 0 Å². The van der Waals surface area contributed by atoms with Crippen LogP contribution in [0.25, 0.3) is 0 Å². The third-order valence-electron chi connectivity index (χ3n) is 4.78. The Hall–Kier alpha value is -2.89. The molecule has 0 amide bonds. The zero-order valence-corrected chi connectivity index (χ0v) is 14.0. The smallest absolute Gasteiger partial charge is 0.293 e. The van der Waals surface area contributed by atoms with Gasteiger partial charge in [0, 0.05) is 24.7 Å². The number of rotatable bonds is 4. The van der Waals surface area contributed by atoms with Crippen molar-refractivity contribution in [3.8, 4) is 5.75 Å². The number of nitro groups is 1. The number of anilines is 1. The molecule has 2 aromatic rings. The molecule has 0 unspecified atom stereocenters. The van der Waals surface area contributed by atoms with Gasteiger partial charge in [0.1, 0.15) is 11.4 Å². The van der Waals surface area contributed by atoms with E-state index in [1.807, 2.05) is 17.0 Å². The van der Waals surface area contributed by atoms with Gasteiger partial charge in [-0.3, -0.25) is 14.9 Å². The SMILES string of the molecule is CC(=O)c1ccc(N2CCC(c3ccc(O)cc3)CC2)c([N+](=O)[O-])c1. The van der Waals surface area contributed by atoms with E-state index in [0.717, 1.165) is 12.8 Å². The fourth-order valence-electron chi connectivity index (χ4n) is 3.36. The molecule has 0 spiro atoms. The van der Waals surface area contributed by atoms with Gasteiger partial charge in [0.25, 0.3) is 5.69 Å². The highest BCUT2D eigenvalue weighted by Crippen LogP contribution is 2.35. The van der Waals surface area contributed by atoms with Crippen molar-refractivity contribution < 1.29 is 14.8 Å². The Morgan fingerprint density at radius 2 is 1.80 bits per heavy atom. The quantitative estimate of drug-likeness (QED) is 0.518. The summed E-state index contributed by atoms with van der Waals surface area (Å²) in [4.78, 5) is 24.5. The van der Waals surface area contributed by atoms with Crippen LogP contribution in [0.2, 0.25) is 0 Å². The second kappa shape index (κ2) is 6.93. The molecule has 1 aliphatic rings. The molecule has 0 atom stereocenters. The fourth-order valence-corrected chi connectivity index (χ4v) is 3.36. The lowest BCUT2D eigenvalue weighted by Gasteiger charge is -2.33. The van der Waals surface area contributed by atoms with Gasteiger partial charge in [-0.1, -0.05) is 12.1 Å². The first kappa shape index (κ1) is 17.0. The Morgan fingerprint density at radius 3 is 2.36 bits per heavy atom. The molecule has 1 fully saturated rings. The molecule has 25 heavy (non-hydrogen) atoms. The standard InChI is InChI=1S/C19H20N2O4/c1-13(22)16-4-7-18(19(12-16)21(24)25)20-10-8-15(9-11-20)14-2-5-17(23)6-3-14/h2-7,12,15,23H,8-11H2,1H3. The topological polar surface area (TPSA) is 83.7 Å². The Morgan fingerprint density at radius 1 is 1.16 bits per heavy atom. The number of piperidine rings is 1. The predicted octanol–water partition coefficient (Wildman–Crippen LogP) is 3.89. The van der Waals surface area contributed by atoms with Crippen molar-refractivity contribution in [2.75, 3.05) is 18.0 Å². The number of carbonyl (C=O) groups excluding carboxylic acids is 1. The molecule has 1 saturated heterocycles. The number of phenols is 1. The molecule has 1 heterocycles. The Balaban J connectivity index is 1.77. The second-order valence-electron chi connectivity index (χ2n) is 6.37. The van der Waals surface area contributed by atoms with Crippen molar-refractivity contribution >= 4 is 17.2 Å². The summed E-state index contributed by atoms with van der Waals surface area (Å²) in [6.45, 7) is 2.83. The number of aromatic hydroxyl groups is 1. The molecule has 0 aromatic heterocycles. The monoisotopic (exact) mass is 340 g/mol. The minimum absolute atomic E-state index is 0.0178. The van der Waals surface area contributed by atoms with Crippen molar-refractivity contribution in [1.82, 2.24) is 0 Å². The van der Waals surface area contributed by atoms with Crippen LogP contribution in [0.5, 0.6) is 5.75 Å². The van der Waals surface area contributed by atoms with E-state index < -0.39 is 4.92 Å². The molecule has 0 saturated carbocycles. The Labute approximate surface area is 145 Å². The molecular formula is C19H20N2O4. The van der Waals surface area contributed by atoms with Gasteiger partial charge in [0.15, 0.2) is 5.78 Å². The molecule has 130 valence electrons. The lowest BCUT2D eigenvalue weighted by Crippen LogP contribution is -2.33. The van der Waals surface area contributed by atoms with Gasteiger partial charge in [0.05, 0.1) is 4.92 Å². The molecular weight excluding hydrogens is 320 g/mol. The largest absolute Gasteiger partial charge is 0.508 e. The van der Waals surface area contributed by atoms with E-state index in [0.29, 0.717) is 30.3 Å². The number of carbonyl (C=O) groups is 1. The maximum absolute atomic E-state index is 11.5. The van der Waals surface area contributed by atoms with Crippen molar-refractivity contribution in [3.05, 3.63) is 63.7 Å². The highest BCUT2D eigenvalue weighted by atomic mass is 16.6. The molecule has 0 aliphatic carbocycles. The van der Waals surface area contributed by atoms with Crippen LogP contribution in [0.15, 0.2) is 42.5 Å². The molecule has 0 bridgehead atoms. The maximum atomic E-state index is 11.5. The number of hydrogen-bond donors (Lipinski definition) is 1. The van der Waals surface area contributed by atoms with Crippen LogP contribution >= 0.6 is 0 Å². The molecule has 1 aliphatic heterocycles. The van der Waals surface area contributed by atoms with E-state index in [1.54, 1.807) is 24.3 Å². The van der Waals surface area contributed by atoms with E-state index in [4.69, 9.17) is 0 Å². The van der Waals surface area contributed by atoms with Crippen LogP contribution in [-0.2, 0) is 0 Å². The van der Waals surface area contributed by atoms with Gasteiger partial charge >= 0.3 is 0 Å². The lowest BCUT2D eigenvalue weighted by molar-refractivity contribution is -0.384. The Bertz CT molecular complexity index is 794. The highest BCUT2D eigenvalue weighted by molar-refractivity contribution is 5.95. The van der Waals surface area contributed by atoms with Gasteiger partial charge in [-0.25, -0.2) is 0 Å². The zero-order chi connectivity index (χ0) is 18.0. The zero-order valence-electron chi connectivity index (χ0n) is 14.0. The fraction of sp³-hybridized carbons (Fsp3) is 0.316. The number of benzene rings is 2. The first-order valence-electron chi connectivity index (χ1n) is 8.29. The van der Waals surface area contributed by atoms with Crippen molar-refractivity contribution in [2.24, 2.45) is 0 Å². The van der Waals surface area contributed by atoms with Crippen LogP contribution in [0, 0.1) is 10.1 Å². The molecule has 6 nitrogen and oxygen atoms in total. The van der Waals surface area contributed by atoms with Crippen LogP contribution < -0.4 is 4.90 Å². The van der Waals surface area contributed by atoms with E-state index >= 15 is 0 Å². The number of Topliss-reactive ketones (excluding diaryl/α,β-unsaturated/α-hetero) is 1. The van der Waals surface area contributed by atoms with E-state index in [2.05, 4.69) is 0 Å². The van der Waals surface area contributed by atoms with Crippen molar-refractivity contribution in [2.45, 2.75) is 25.7 Å². The van der Waals surface area contributed by atoms with Gasteiger partial charge in [0.2, 0.25) is 0 Å². The predicted molar refractivity (Wildman–Crippen MR) is 95.4 cm³/mol. The summed E-state index contributed by atoms with van der Waals surface area (Å²) >= 11 is 0. The van der Waals surface area contributed by atoms with Crippen molar-refractivity contribution in [1.29, 1.82) is 0 Å². The lowest BCUT2D eigenvalue weighted by atomic mass is 9.89. The van der Waals surface area contributed by atoms with Gasteiger partial charge < -0.3 is 10.0 Å². The van der Waals surface area contributed by atoms with E-state index in [9.17, 15) is 20.0 Å². The number of phenolic OH excluding ortho intramolecular Hbond substituents is 1. The first-order valence-corrected chi connectivity index (χ1v) is 8.29. The minimum Gasteiger partial charge on any atom is -0.508 e. The molecule has 0 radical (unpaired) electrons. The van der Waals surface area contributed by atoms with E-state index in [1.165, 1.54) is 18.6 Å². The average molecular weight is 340 g/mol. The number of nitro benzene ring substituents is 1. The molecule has 1 N–H and O–H groups in total. The average Bonchev–Trinajstić information content (AvgIpc) is 2.62. The van der Waals surface area contributed by atoms with Crippen LogP contribution in [0.4, 0.5) is 11.4 Å². The third-order valence-corrected chi connectivity index (χ3v) is 4.78. The highest BCUT2D eigenvalue weighted by Gasteiger charge is 2.26. The second-order valence-corrected chi connectivity index (χ2v) is 6.37. The summed E-state index contributed by atoms with van der Waals surface area (Å²) in [6.07, 6.45) is 1.77. The third kappa shape index (κ3) is 3.63. The van der Waals surface area contributed by atoms with Gasteiger partial charge in [-0.05, 0) is 55.5 Å². The summed E-state index contributed by atoms with van der Waals surface area (Å²) in [5.41, 5.74) is 2.09. The normalized spacial score (nSPS) is 15.2. The van der Waals surface area contributed by atoms with E-state index in [-0.39, 0.29) is 17.2 Å². The number of hydrogen-bond acceptors (Lipinski definition) is 5. The van der Waals surface area contributed by atoms with Gasteiger partial charge in [-0.15, -0.1) is 0 Å². The number of nitrogens with zero attached hydrogens (tertiary/aromatic N) is 2. The molecule has 3 rings (SSSR count). The van der Waals surface area contributed by atoms with Gasteiger partial charge in [-0.2, -0.15) is 0 Å². The summed E-state index contributed by atoms with van der Waals surface area (Å²) in [5.74, 6) is 0.454. The first-order chi connectivity index (χ1) is 12.0. The van der Waals surface area contributed by atoms with Crippen LogP contribution in [-0.4, -0.2) is 28.9 Å². The minimum atomic E-state index is -0.423. The number of ketones is 1. The molecule has 6 heteroatoms. The summed E-state index contributed by atoms with van der Waals surface area (Å²) in [5, 5.41) is 20.8. The maximum Gasteiger partial charge on any atom is 0.293 e. The van der Waals surface area contributed by atoms with Crippen molar-refractivity contribution in [3.63, 3.8) is 0 Å². The summed E-state index contributed by atoms with van der Waals surface area (Å²) < 4.78 is 0. The van der Waals surface area contributed by atoms with Crippen LogP contribution in [0.1, 0.15) is 41.6 Å². The summed E-state index contributed by atoms with van der Waals surface area (Å²) in [7, 11) is 0. The summed E-state index contributed by atoms with van der Waals surface area (Å²) in [6, 6.07) is 11.9. The molecule has 2 aromatic carbocycles.